The molecule has 1 atom stereocenters. The van der Waals surface area contributed by atoms with Crippen LogP contribution in [0.1, 0.15) is 52.2 Å². The molecule has 0 saturated carbocycles. The highest BCUT2D eigenvalue weighted by atomic mass is 16.5. The van der Waals surface area contributed by atoms with Gasteiger partial charge in [0, 0.05) is 25.8 Å². The summed E-state index contributed by atoms with van der Waals surface area (Å²) < 4.78 is 7.06. The average molecular weight is 354 g/mol. The molecule has 0 aliphatic carbocycles. The second-order valence-electron chi connectivity index (χ2n) is 6.99. The molecule has 8 heteroatoms. The third-order valence-corrected chi connectivity index (χ3v) is 4.93. The number of pyridine rings is 1. The fourth-order valence-corrected chi connectivity index (χ4v) is 3.75. The standard InChI is InChI=1S/C18H22N6O2/c1-10-8-14(15-11(2)21-23(4)16(15)19-10)18(25)24-7-5-6-13(9-24)17-20-12(3)22-26-17/h8,13H,5-7,9H2,1-4H3/t13-/m0/s1. The maximum atomic E-state index is 13.3. The summed E-state index contributed by atoms with van der Waals surface area (Å²) >= 11 is 0. The van der Waals surface area contributed by atoms with Crippen molar-refractivity contribution in [3.63, 3.8) is 0 Å². The van der Waals surface area contributed by atoms with Crippen molar-refractivity contribution >= 4 is 16.9 Å². The first kappa shape index (κ1) is 16.7. The molecule has 0 radical (unpaired) electrons. The van der Waals surface area contributed by atoms with E-state index in [2.05, 4.69) is 20.2 Å². The van der Waals surface area contributed by atoms with Crippen molar-refractivity contribution in [1.82, 2.24) is 29.8 Å². The summed E-state index contributed by atoms with van der Waals surface area (Å²) in [5, 5.41) is 9.15. The lowest BCUT2D eigenvalue weighted by molar-refractivity contribution is 0.0697. The Hall–Kier alpha value is -2.77. The van der Waals surface area contributed by atoms with Crippen molar-refractivity contribution in [2.24, 2.45) is 7.05 Å². The van der Waals surface area contributed by atoms with Crippen LogP contribution in [0, 0.1) is 20.8 Å². The van der Waals surface area contributed by atoms with Gasteiger partial charge >= 0.3 is 0 Å². The van der Waals surface area contributed by atoms with Crippen molar-refractivity contribution < 1.29 is 9.32 Å². The van der Waals surface area contributed by atoms with Crippen LogP contribution in [0.4, 0.5) is 0 Å². The first-order valence-corrected chi connectivity index (χ1v) is 8.84. The summed E-state index contributed by atoms with van der Waals surface area (Å²) in [6, 6.07) is 1.86. The first-order chi connectivity index (χ1) is 12.4. The number of fused-ring (bicyclic) bond motifs is 1. The summed E-state index contributed by atoms with van der Waals surface area (Å²) in [5.41, 5.74) is 3.04. The van der Waals surface area contributed by atoms with Crippen molar-refractivity contribution in [3.05, 3.63) is 34.7 Å². The lowest BCUT2D eigenvalue weighted by atomic mass is 9.97. The van der Waals surface area contributed by atoms with Crippen LogP contribution in [0.2, 0.25) is 0 Å². The fraction of sp³-hybridized carbons (Fsp3) is 0.500. The molecule has 0 aromatic carbocycles. The second-order valence-corrected chi connectivity index (χ2v) is 6.99. The summed E-state index contributed by atoms with van der Waals surface area (Å²) in [5.74, 6) is 1.34. The maximum absolute atomic E-state index is 13.3. The molecule has 0 spiro atoms. The minimum atomic E-state index is 0.0116. The van der Waals surface area contributed by atoms with Crippen LogP contribution in [0.5, 0.6) is 0 Å². The van der Waals surface area contributed by atoms with Gasteiger partial charge in [0.15, 0.2) is 11.5 Å². The van der Waals surface area contributed by atoms with Gasteiger partial charge in [-0.15, -0.1) is 0 Å². The Morgan fingerprint density at radius 2 is 2.08 bits per heavy atom. The van der Waals surface area contributed by atoms with E-state index >= 15 is 0 Å². The van der Waals surface area contributed by atoms with Crippen molar-refractivity contribution in [2.45, 2.75) is 39.5 Å². The zero-order valence-electron chi connectivity index (χ0n) is 15.5. The van der Waals surface area contributed by atoms with E-state index in [1.165, 1.54) is 0 Å². The van der Waals surface area contributed by atoms with Gasteiger partial charge in [-0.1, -0.05) is 5.16 Å². The van der Waals surface area contributed by atoms with Gasteiger partial charge in [0.05, 0.1) is 22.6 Å². The molecule has 1 amide bonds. The molecule has 8 nitrogen and oxygen atoms in total. The normalized spacial score (nSPS) is 17.8. The van der Waals surface area contributed by atoms with Gasteiger partial charge in [-0.05, 0) is 39.7 Å². The summed E-state index contributed by atoms with van der Waals surface area (Å²) in [4.78, 5) is 24.1. The van der Waals surface area contributed by atoms with Gasteiger partial charge < -0.3 is 9.42 Å². The van der Waals surface area contributed by atoms with Gasteiger partial charge in [0.2, 0.25) is 5.89 Å². The molecular formula is C18H22N6O2. The van der Waals surface area contributed by atoms with E-state index in [1.807, 2.05) is 31.9 Å². The monoisotopic (exact) mass is 354 g/mol. The van der Waals surface area contributed by atoms with Crippen molar-refractivity contribution in [3.8, 4) is 0 Å². The smallest absolute Gasteiger partial charge is 0.254 e. The fourth-order valence-electron chi connectivity index (χ4n) is 3.75. The topological polar surface area (TPSA) is 89.9 Å². The Bertz CT molecular complexity index is 989. The molecule has 4 heterocycles. The number of rotatable bonds is 2. The second kappa shape index (κ2) is 6.19. The number of hydrogen-bond donors (Lipinski definition) is 0. The van der Waals surface area contributed by atoms with E-state index in [0.717, 1.165) is 41.8 Å². The molecule has 136 valence electrons. The Labute approximate surface area is 151 Å². The molecule has 1 aliphatic heterocycles. The number of carbonyl (C=O) groups is 1. The number of piperidine rings is 1. The molecule has 0 bridgehead atoms. The van der Waals surface area contributed by atoms with Gasteiger partial charge in [0.25, 0.3) is 5.91 Å². The maximum Gasteiger partial charge on any atom is 0.254 e. The van der Waals surface area contributed by atoms with Crippen LogP contribution in [0.3, 0.4) is 0 Å². The molecule has 26 heavy (non-hydrogen) atoms. The minimum Gasteiger partial charge on any atom is -0.339 e. The van der Waals surface area contributed by atoms with E-state index in [-0.39, 0.29) is 11.8 Å². The highest BCUT2D eigenvalue weighted by molar-refractivity contribution is 6.06. The number of aryl methyl sites for hydroxylation is 4. The van der Waals surface area contributed by atoms with Crippen LogP contribution < -0.4 is 0 Å². The first-order valence-electron chi connectivity index (χ1n) is 8.84. The molecule has 3 aromatic heterocycles. The number of amides is 1. The van der Waals surface area contributed by atoms with E-state index in [0.29, 0.717) is 23.8 Å². The Morgan fingerprint density at radius 3 is 2.81 bits per heavy atom. The SMILES string of the molecule is Cc1cc(C(=O)N2CCC[C@H](c3nc(C)no3)C2)c2c(C)nn(C)c2n1. The highest BCUT2D eigenvalue weighted by Crippen LogP contribution is 2.29. The summed E-state index contributed by atoms with van der Waals surface area (Å²) in [7, 11) is 1.85. The van der Waals surface area contributed by atoms with Crippen LogP contribution in [0.15, 0.2) is 10.6 Å². The number of hydrogen-bond acceptors (Lipinski definition) is 6. The van der Waals surface area contributed by atoms with Crippen LogP contribution in [0.25, 0.3) is 11.0 Å². The quantitative estimate of drug-likeness (QED) is 0.701. The summed E-state index contributed by atoms with van der Waals surface area (Å²) in [6.07, 6.45) is 1.86. The molecule has 3 aromatic rings. The van der Waals surface area contributed by atoms with Gasteiger partial charge in [-0.25, -0.2) is 4.98 Å². The van der Waals surface area contributed by atoms with E-state index in [9.17, 15) is 4.79 Å². The van der Waals surface area contributed by atoms with Gasteiger partial charge in [-0.2, -0.15) is 10.1 Å². The van der Waals surface area contributed by atoms with Crippen LogP contribution >= 0.6 is 0 Å². The Morgan fingerprint density at radius 1 is 1.27 bits per heavy atom. The van der Waals surface area contributed by atoms with E-state index < -0.39 is 0 Å². The number of likely N-dealkylation sites (tertiary alicyclic amines) is 1. The largest absolute Gasteiger partial charge is 0.339 e. The predicted molar refractivity (Wildman–Crippen MR) is 94.9 cm³/mol. The van der Waals surface area contributed by atoms with E-state index in [1.54, 1.807) is 11.6 Å². The molecule has 1 fully saturated rings. The minimum absolute atomic E-state index is 0.0116. The van der Waals surface area contributed by atoms with Gasteiger partial charge in [0.1, 0.15) is 0 Å². The third-order valence-electron chi connectivity index (χ3n) is 4.93. The Kier molecular flexibility index (Phi) is 3.97. The molecule has 1 saturated heterocycles. The molecule has 0 N–H and O–H groups in total. The van der Waals surface area contributed by atoms with E-state index in [4.69, 9.17) is 4.52 Å². The number of nitrogens with zero attached hydrogens (tertiary/aromatic N) is 6. The van der Waals surface area contributed by atoms with Crippen LogP contribution in [-0.2, 0) is 7.05 Å². The van der Waals surface area contributed by atoms with Crippen molar-refractivity contribution in [1.29, 1.82) is 0 Å². The Balaban J connectivity index is 1.68. The lowest BCUT2D eigenvalue weighted by Crippen LogP contribution is -2.39. The zero-order valence-corrected chi connectivity index (χ0v) is 15.5. The van der Waals surface area contributed by atoms with Crippen molar-refractivity contribution in [2.75, 3.05) is 13.1 Å². The van der Waals surface area contributed by atoms with Crippen LogP contribution in [-0.4, -0.2) is 48.8 Å². The number of aromatic nitrogens is 5. The molecule has 0 unspecified atom stereocenters. The highest BCUT2D eigenvalue weighted by Gasteiger charge is 2.30. The number of carbonyl (C=O) groups excluding carboxylic acids is 1. The third kappa shape index (κ3) is 2.75. The average Bonchev–Trinajstić information content (AvgIpc) is 3.17. The predicted octanol–water partition coefficient (Wildman–Crippen LogP) is 2.30. The molecule has 1 aliphatic rings. The van der Waals surface area contributed by atoms with Gasteiger partial charge in [-0.3, -0.25) is 9.48 Å². The molecular weight excluding hydrogens is 332 g/mol. The zero-order chi connectivity index (χ0) is 18.4. The molecule has 4 rings (SSSR count). The lowest BCUT2D eigenvalue weighted by Gasteiger charge is -2.31. The summed E-state index contributed by atoms with van der Waals surface area (Å²) in [6.45, 7) is 6.93.